The fraction of sp³-hybridized carbons (Fsp3) is 0.484. The third kappa shape index (κ3) is 20.2. The normalized spacial score (nSPS) is 19.1. The van der Waals surface area contributed by atoms with Gasteiger partial charge < -0.3 is 47.7 Å². The van der Waals surface area contributed by atoms with Crippen molar-refractivity contribution in [3.63, 3.8) is 0 Å². The van der Waals surface area contributed by atoms with Gasteiger partial charge in [0.05, 0.1) is 47.4 Å². The average Bonchev–Trinajstić information content (AvgIpc) is 1.58. The predicted molar refractivity (Wildman–Crippen MR) is 479 cm³/mol. The third-order valence-electron chi connectivity index (χ3n) is 25.1. The maximum Gasteiger partial charge on any atom is 0.490 e. The van der Waals surface area contributed by atoms with Crippen molar-refractivity contribution in [1.82, 2.24) is 14.7 Å². The first-order valence-electron chi connectivity index (χ1n) is 42.2. The standard InChI is InChI=1S/C30H36N2O7S.C28H30F2N2O5S.C18H14BrF2NO3S.C16H28BNO4.CH4/c1-29(2,3)39-28(34)32-13-9-19(10-14-32)22-15-20(16-24-23(22)18-27(33)30(24)11-6-12-30)31-40(35,36)26-8-7-21(37-4)17-25(26)38-5;1-27(2,3)37-26(34)32-11-7-17(8-12-32)20-14-19(15-22-21(20)16-25(33)28(22)9-4-10-28)31-38(35,36)24-6-5-18(29)13-23(24)30;19-14-8-11(7-13-12(14)9-17(23)18(13)4-1-5-18)22-26(24,25)16-3-2-10(20)6-15(16)21;1-14(2,3)20-13(19)18-10-8-12(9-11-18)17-21-15(4,5)16(6,7)22-17;/h7-9,15-17,31H,6,10-14,18H2,1-5H3;5-7,13-15,31H,4,8-12,16H2,1-3H3;2-3,6-8,22H,1,4-5,9H2;8H,9-11H2,1-7H3;1H4. The highest BCUT2D eigenvalue weighted by atomic mass is 79.9. The van der Waals surface area contributed by atoms with Gasteiger partial charge in [-0.3, -0.25) is 28.5 Å². The van der Waals surface area contributed by atoms with Crippen molar-refractivity contribution in [3.05, 3.63) is 187 Å². The molecule has 0 atom stereocenters. The van der Waals surface area contributed by atoms with Crippen molar-refractivity contribution in [2.75, 3.05) is 67.7 Å². The number of nitrogens with one attached hydrogen (secondary N) is 3. The fourth-order valence-electron chi connectivity index (χ4n) is 17.5. The first-order chi connectivity index (χ1) is 58.8. The van der Waals surface area contributed by atoms with Crippen molar-refractivity contribution in [3.8, 4) is 11.5 Å². The molecule has 3 saturated carbocycles. The number of hydrogen-bond donors (Lipinski definition) is 3. The lowest BCUT2D eigenvalue weighted by Crippen LogP contribution is -2.41. The number of anilines is 3. The summed E-state index contributed by atoms with van der Waals surface area (Å²) in [6.07, 6.45) is 14.9. The molecule has 0 unspecified atom stereocenters. The quantitative estimate of drug-likeness (QED) is 0.0518. The fourth-order valence-corrected chi connectivity index (χ4v) is 21.5. The van der Waals surface area contributed by atoms with Gasteiger partial charge in [0, 0.05) is 92.6 Å². The number of amides is 3. The summed E-state index contributed by atoms with van der Waals surface area (Å²) in [5.41, 5.74) is 6.71. The van der Waals surface area contributed by atoms with Gasteiger partial charge >= 0.3 is 25.4 Å². The number of benzene rings is 6. The van der Waals surface area contributed by atoms with Crippen molar-refractivity contribution >= 4 is 117 Å². The number of halogens is 5. The number of fused-ring (bicyclic) bond motifs is 6. The molecule has 4 heterocycles. The Morgan fingerprint density at radius 3 is 1.13 bits per heavy atom. The highest BCUT2D eigenvalue weighted by molar-refractivity contribution is 9.10. The van der Waals surface area contributed by atoms with Crippen LogP contribution in [-0.2, 0) is 103 Å². The smallest absolute Gasteiger partial charge is 0.490 e. The monoisotopic (exact) mass is 1880 g/mol. The zero-order valence-corrected chi connectivity index (χ0v) is 77.6. The van der Waals surface area contributed by atoms with Gasteiger partial charge in [-0.05, 0) is 282 Å². The minimum atomic E-state index is -4.37. The third-order valence-corrected chi connectivity index (χ3v) is 30.1. The molecular formula is C93H112BBrF4N6O19S3. The van der Waals surface area contributed by atoms with Crippen LogP contribution < -0.4 is 23.6 Å². The second-order valence-electron chi connectivity index (χ2n) is 37.5. The largest absolute Gasteiger partial charge is 0.497 e. The molecule has 6 aliphatic carbocycles. The number of methoxy groups -OCH3 is 2. The van der Waals surface area contributed by atoms with Crippen LogP contribution in [0, 0.1) is 23.3 Å². The van der Waals surface area contributed by atoms with Gasteiger partial charge in [0.2, 0.25) is 0 Å². The van der Waals surface area contributed by atoms with Crippen LogP contribution in [0.15, 0.2) is 134 Å². The van der Waals surface area contributed by atoms with Crippen molar-refractivity contribution in [1.29, 1.82) is 0 Å². The molecule has 0 bridgehead atoms. The average molecular weight is 1880 g/mol. The Balaban J connectivity index is 0.000000158. The summed E-state index contributed by atoms with van der Waals surface area (Å²) in [5.74, 6) is -2.98. The number of carbonyl (C=O) groups is 6. The number of rotatable bonds is 14. The molecule has 3 N–H and O–H groups in total. The Hall–Kier alpha value is -9.61. The van der Waals surface area contributed by atoms with Gasteiger partial charge in [-0.25, -0.2) is 57.2 Å². The van der Waals surface area contributed by atoms with Gasteiger partial charge in [0.1, 0.15) is 83.6 Å². The van der Waals surface area contributed by atoms with Crippen molar-refractivity contribution < 1.29 is 105 Å². The SMILES string of the molecule is C.CC(C)(C)OC(=O)N1CC=C(B2OC(C)(C)C(C)(C)O2)CC1.CC(C)(C)OC(=O)N1CC=C(c2cc(NS(=O)(=O)c3ccc(F)cc3F)cc3c2CC(=O)C32CCC2)CC1.COc1ccc(S(=O)(=O)Nc2cc(C3=CCN(C(=O)OC(C)(C)C)CC3)c3c(c2)C2(CCC2)C(=O)C3)c(OC)c1.O=C1Cc2c(Br)cc(NS(=O)(=O)c3ccc(F)cc3F)cc2C12CCC2. The van der Waals surface area contributed by atoms with E-state index in [4.69, 9.17) is 33.0 Å². The number of ether oxygens (including phenoxy) is 5. The first-order valence-corrected chi connectivity index (χ1v) is 47.4. The molecule has 34 heteroatoms. The summed E-state index contributed by atoms with van der Waals surface area (Å²) < 4.78 is 180. The summed E-state index contributed by atoms with van der Waals surface area (Å²) >= 11 is 3.41. The Morgan fingerprint density at radius 2 is 0.803 bits per heavy atom. The van der Waals surface area contributed by atoms with Gasteiger partial charge in [-0.15, -0.1) is 0 Å². The van der Waals surface area contributed by atoms with Gasteiger partial charge in [-0.2, -0.15) is 0 Å². The second kappa shape index (κ2) is 36.0. The molecule has 684 valence electrons. The predicted octanol–water partition coefficient (Wildman–Crippen LogP) is 18.3. The molecular weight excluding hydrogens is 1770 g/mol. The van der Waals surface area contributed by atoms with Crippen LogP contribution in [-0.4, -0.2) is 164 Å². The van der Waals surface area contributed by atoms with Gasteiger partial charge in [-0.1, -0.05) is 60.8 Å². The number of ketones is 3. The van der Waals surface area contributed by atoms with Crippen LogP contribution in [0.4, 0.5) is 49.0 Å². The Morgan fingerprint density at radius 1 is 0.457 bits per heavy atom. The summed E-state index contributed by atoms with van der Waals surface area (Å²) in [6, 6.07) is 19.3. The van der Waals surface area contributed by atoms with E-state index in [1.807, 2.05) is 99.6 Å². The molecule has 4 fully saturated rings. The lowest BCUT2D eigenvalue weighted by atomic mass is 9.64. The van der Waals surface area contributed by atoms with E-state index in [0.29, 0.717) is 106 Å². The number of sulfonamides is 3. The van der Waals surface area contributed by atoms with E-state index >= 15 is 0 Å². The summed E-state index contributed by atoms with van der Waals surface area (Å²) in [7, 11) is -10.0. The lowest BCUT2D eigenvalue weighted by Gasteiger charge is -2.38. The molecule has 4 aliphatic heterocycles. The van der Waals surface area contributed by atoms with E-state index in [1.165, 1.54) is 26.4 Å². The van der Waals surface area contributed by atoms with E-state index in [9.17, 15) is 71.6 Å². The number of hydrogen-bond acceptors (Lipinski definition) is 19. The van der Waals surface area contributed by atoms with Crippen molar-refractivity contribution in [2.24, 2.45) is 0 Å². The highest BCUT2D eigenvalue weighted by Crippen LogP contribution is 2.56. The van der Waals surface area contributed by atoms with E-state index in [1.54, 1.807) is 65.8 Å². The van der Waals surface area contributed by atoms with E-state index in [0.717, 1.165) is 137 Å². The minimum Gasteiger partial charge on any atom is -0.497 e. The van der Waals surface area contributed by atoms with E-state index in [-0.39, 0.29) is 83.7 Å². The molecule has 127 heavy (non-hydrogen) atoms. The van der Waals surface area contributed by atoms with E-state index in [2.05, 4.69) is 30.1 Å². The zero-order chi connectivity index (χ0) is 91.8. The number of nitrogens with zero attached hydrogens (tertiary/aromatic N) is 3. The molecule has 1 saturated heterocycles. The van der Waals surface area contributed by atoms with Gasteiger partial charge in [0.25, 0.3) is 30.1 Å². The molecule has 25 nitrogen and oxygen atoms in total. The molecule has 0 aromatic heterocycles. The Bertz CT molecular complexity index is 5850. The molecule has 16 rings (SSSR count). The van der Waals surface area contributed by atoms with Crippen LogP contribution in [0.25, 0.3) is 11.1 Å². The van der Waals surface area contributed by atoms with Crippen LogP contribution in [0.5, 0.6) is 11.5 Å². The Kier molecular flexibility index (Phi) is 27.4. The molecule has 3 spiro atoms. The zero-order valence-electron chi connectivity index (χ0n) is 73.5. The van der Waals surface area contributed by atoms with Crippen molar-refractivity contribution in [2.45, 2.75) is 253 Å². The first kappa shape index (κ1) is 96.5. The number of Topliss-reactive ketones (excluding diaryl/α,β-unsaturated/α-hetero) is 3. The highest BCUT2D eigenvalue weighted by Gasteiger charge is 2.56. The van der Waals surface area contributed by atoms with Gasteiger partial charge in [0.15, 0.2) is 0 Å². The molecule has 3 amide bonds. The van der Waals surface area contributed by atoms with E-state index < -0.39 is 102 Å². The second-order valence-corrected chi connectivity index (χ2v) is 43.3. The van der Waals surface area contributed by atoms with Crippen LogP contribution in [0.2, 0.25) is 0 Å². The molecule has 6 aromatic carbocycles. The summed E-state index contributed by atoms with van der Waals surface area (Å²) in [5, 5.41) is 0. The van der Waals surface area contributed by atoms with Crippen LogP contribution in [0.1, 0.15) is 219 Å². The molecule has 0 radical (unpaired) electrons. The summed E-state index contributed by atoms with van der Waals surface area (Å²) in [6.45, 7) is 27.4. The maximum absolute atomic E-state index is 14.3. The topological polar surface area (TPSA) is 315 Å². The molecule has 10 aliphatic rings. The summed E-state index contributed by atoms with van der Waals surface area (Å²) in [4.78, 5) is 79.6. The number of carbonyl (C=O) groups excluding carboxylic acids is 6. The lowest BCUT2D eigenvalue weighted by molar-refractivity contribution is -0.126. The molecule has 6 aromatic rings. The minimum absolute atomic E-state index is 0. The Labute approximate surface area is 750 Å². The van der Waals surface area contributed by atoms with Crippen LogP contribution >= 0.6 is 15.9 Å². The van der Waals surface area contributed by atoms with Crippen LogP contribution in [0.3, 0.4) is 0 Å². The maximum atomic E-state index is 14.3.